The number of rotatable bonds is 12. The van der Waals surface area contributed by atoms with Gasteiger partial charge in [-0.15, -0.1) is 0 Å². The number of carbonyl (C=O) groups is 1. The summed E-state index contributed by atoms with van der Waals surface area (Å²) >= 11 is -2.35. The molecule has 136 valence electrons. The van der Waals surface area contributed by atoms with Crippen LogP contribution in [-0.2, 0) is 9.68 Å². The molecule has 0 amide bonds. The zero-order valence-electron chi connectivity index (χ0n) is 15.9. The van der Waals surface area contributed by atoms with Crippen molar-refractivity contribution >= 4 is 27.9 Å². The maximum atomic E-state index is 10.9. The van der Waals surface area contributed by atoms with Crippen LogP contribution in [0.5, 0.6) is 5.75 Å². The van der Waals surface area contributed by atoms with Crippen LogP contribution in [0, 0.1) is 0 Å². The zero-order chi connectivity index (χ0) is 17.8. The van der Waals surface area contributed by atoms with Gasteiger partial charge in [0.15, 0.2) is 0 Å². The Morgan fingerprint density at radius 2 is 1.33 bits per heavy atom. The molecular weight excluding hydrogens is 407 g/mol. The van der Waals surface area contributed by atoms with Crippen LogP contribution in [0.2, 0.25) is 13.3 Å². The van der Waals surface area contributed by atoms with Gasteiger partial charge in [0.1, 0.15) is 0 Å². The first-order chi connectivity index (χ1) is 11.6. The average Bonchev–Trinajstić information content (AvgIpc) is 2.60. The molecule has 0 saturated carbocycles. The van der Waals surface area contributed by atoms with Crippen LogP contribution >= 0.6 is 0 Å². The van der Waals surface area contributed by atoms with E-state index in [1.165, 1.54) is 58.8 Å². The van der Waals surface area contributed by atoms with Gasteiger partial charge in [0.2, 0.25) is 0 Å². The second-order valence-corrected chi connectivity index (χ2v) is 20.0. The number of carbonyl (C=O) groups excluding carboxylic acids is 1. The van der Waals surface area contributed by atoms with Gasteiger partial charge in [-0.3, -0.25) is 0 Å². The topological polar surface area (TPSA) is 35.5 Å². The molecule has 24 heavy (non-hydrogen) atoms. The minimum absolute atomic E-state index is 0.429. The quantitative estimate of drug-likeness (QED) is 0.241. The molecule has 0 fully saturated rings. The molecule has 0 atom stereocenters. The fourth-order valence-corrected chi connectivity index (χ4v) is 19.3. The van der Waals surface area contributed by atoms with Crippen LogP contribution in [0.15, 0.2) is 24.3 Å². The van der Waals surface area contributed by atoms with E-state index < -0.39 is 24.3 Å². The van der Waals surface area contributed by atoms with E-state index in [2.05, 4.69) is 37.8 Å². The molecule has 0 unspecified atom stereocenters. The fraction of sp³-hybridized carbons (Fsp3) is 0.650. The van der Waals surface area contributed by atoms with Gasteiger partial charge >= 0.3 is 152 Å². The molecule has 0 bridgehead atoms. The van der Waals surface area contributed by atoms with Crippen molar-refractivity contribution in [3.05, 3.63) is 24.3 Å². The first-order valence-electron chi connectivity index (χ1n) is 9.53. The zero-order valence-corrected chi connectivity index (χ0v) is 18.8. The maximum absolute atomic E-state index is 10.9. The second-order valence-electron chi connectivity index (χ2n) is 6.77. The van der Waals surface area contributed by atoms with Crippen LogP contribution in [0.25, 0.3) is 0 Å². The Hall–Kier alpha value is -0.711. The van der Waals surface area contributed by atoms with E-state index >= 15 is 0 Å². The van der Waals surface area contributed by atoms with E-state index in [0.717, 1.165) is 0 Å². The molecular formula is C20H34O3Sn. The van der Waals surface area contributed by atoms with E-state index in [4.69, 9.17) is 4.89 Å². The van der Waals surface area contributed by atoms with Crippen molar-refractivity contribution in [1.29, 1.82) is 0 Å². The molecule has 0 aromatic heterocycles. The van der Waals surface area contributed by atoms with E-state index in [0.29, 0.717) is 5.75 Å². The molecule has 0 heterocycles. The van der Waals surface area contributed by atoms with E-state index in [1.54, 1.807) is 3.58 Å². The number of benzene rings is 1. The molecule has 1 aromatic rings. The van der Waals surface area contributed by atoms with Gasteiger partial charge < -0.3 is 0 Å². The molecule has 0 aliphatic heterocycles. The van der Waals surface area contributed by atoms with Crippen LogP contribution in [-0.4, -0.2) is 24.3 Å². The molecule has 0 aliphatic carbocycles. The van der Waals surface area contributed by atoms with Crippen molar-refractivity contribution in [2.24, 2.45) is 0 Å². The molecule has 0 spiro atoms. The van der Waals surface area contributed by atoms with Gasteiger partial charge in [0.25, 0.3) is 0 Å². The van der Waals surface area contributed by atoms with Crippen molar-refractivity contribution in [3.8, 4) is 5.75 Å². The summed E-state index contributed by atoms with van der Waals surface area (Å²) in [5.74, 6) is 0.178. The Bertz CT molecular complexity index is 449. The molecule has 1 aromatic carbocycles. The number of unbranched alkanes of at least 4 members (excludes halogenated alkanes) is 3. The first-order valence-corrected chi connectivity index (χ1v) is 17.0. The Morgan fingerprint density at radius 3 is 1.71 bits per heavy atom. The van der Waals surface area contributed by atoms with Gasteiger partial charge in [0.05, 0.1) is 0 Å². The summed E-state index contributed by atoms with van der Waals surface area (Å²) in [6, 6.07) is 8.42. The Balaban J connectivity index is 2.98. The Morgan fingerprint density at radius 1 is 0.875 bits per heavy atom. The normalized spacial score (nSPS) is 11.3. The standard InChI is InChI=1S/C8H7O3.3C4H9.Sn/c1-7(9)10-11-8-5-3-2-4-6-8;3*1-3-4-2;/h3-6H,1H3;3*1,3-4H2,2H3;. The summed E-state index contributed by atoms with van der Waals surface area (Å²) in [6.07, 6.45) is 7.92. The first kappa shape index (κ1) is 21.3. The van der Waals surface area contributed by atoms with Crippen molar-refractivity contribution in [1.82, 2.24) is 0 Å². The SMILES string of the molecule is CCC[CH2][Sn]([CH2]CCC)([CH2]CCC)[c]1ccc(OOC(C)=O)cc1. The number of hydrogen-bond acceptors (Lipinski definition) is 3. The molecule has 0 aliphatic rings. The van der Waals surface area contributed by atoms with Gasteiger partial charge in [-0.05, 0) is 0 Å². The van der Waals surface area contributed by atoms with E-state index in [9.17, 15) is 4.79 Å². The molecule has 3 nitrogen and oxygen atoms in total. The van der Waals surface area contributed by atoms with Crippen LogP contribution in [0.1, 0.15) is 66.2 Å². The predicted octanol–water partition coefficient (Wildman–Crippen LogP) is 5.60. The van der Waals surface area contributed by atoms with Crippen LogP contribution in [0.4, 0.5) is 0 Å². The molecule has 0 saturated heterocycles. The summed E-state index contributed by atoms with van der Waals surface area (Å²) in [4.78, 5) is 20.5. The van der Waals surface area contributed by atoms with Crippen molar-refractivity contribution in [2.45, 2.75) is 79.5 Å². The Kier molecular flexibility index (Phi) is 10.5. The monoisotopic (exact) mass is 442 g/mol. The number of hydrogen-bond donors (Lipinski definition) is 0. The van der Waals surface area contributed by atoms with Gasteiger partial charge in [-0.2, -0.15) is 0 Å². The van der Waals surface area contributed by atoms with Gasteiger partial charge in [-0.1, -0.05) is 0 Å². The molecule has 0 N–H and O–H groups in total. The Labute approximate surface area is 151 Å². The fourth-order valence-electron chi connectivity index (χ4n) is 3.32. The minimum atomic E-state index is -2.35. The van der Waals surface area contributed by atoms with Crippen LogP contribution < -0.4 is 8.47 Å². The average molecular weight is 441 g/mol. The summed E-state index contributed by atoms with van der Waals surface area (Å²) in [5, 5.41) is 0. The third-order valence-corrected chi connectivity index (χ3v) is 20.4. The van der Waals surface area contributed by atoms with E-state index in [1.807, 2.05) is 12.1 Å². The van der Waals surface area contributed by atoms with Crippen molar-refractivity contribution in [3.63, 3.8) is 0 Å². The molecule has 0 radical (unpaired) electrons. The van der Waals surface area contributed by atoms with Crippen LogP contribution in [0.3, 0.4) is 0 Å². The van der Waals surface area contributed by atoms with Gasteiger partial charge in [-0.25, -0.2) is 0 Å². The summed E-state index contributed by atoms with van der Waals surface area (Å²) in [5.41, 5.74) is 0. The molecule has 1 rings (SSSR count). The predicted molar refractivity (Wildman–Crippen MR) is 103 cm³/mol. The van der Waals surface area contributed by atoms with Gasteiger partial charge in [0, 0.05) is 0 Å². The summed E-state index contributed by atoms with van der Waals surface area (Å²) < 4.78 is 5.97. The molecule has 4 heteroatoms. The summed E-state index contributed by atoms with van der Waals surface area (Å²) in [6.45, 7) is 8.24. The van der Waals surface area contributed by atoms with Crippen molar-refractivity contribution in [2.75, 3.05) is 0 Å². The third-order valence-electron chi connectivity index (χ3n) is 4.75. The van der Waals surface area contributed by atoms with E-state index in [-0.39, 0.29) is 0 Å². The van der Waals surface area contributed by atoms with Crippen molar-refractivity contribution < 1.29 is 14.6 Å². The third kappa shape index (κ3) is 7.04. The second kappa shape index (κ2) is 11.8. The summed E-state index contributed by atoms with van der Waals surface area (Å²) in [7, 11) is 0.